The second kappa shape index (κ2) is 11.5. The molecule has 0 fully saturated rings. The quantitative estimate of drug-likeness (QED) is 0.261. The third kappa shape index (κ3) is 5.61. The van der Waals surface area contributed by atoms with Crippen molar-refractivity contribution in [3.05, 3.63) is 84.2 Å². The smallest absolute Gasteiger partial charge is 0.343 e. The van der Waals surface area contributed by atoms with Gasteiger partial charge in [0.2, 0.25) is 0 Å². The Morgan fingerprint density at radius 3 is 1.42 bits per heavy atom. The van der Waals surface area contributed by atoms with Crippen LogP contribution in [0.1, 0.15) is 34.6 Å². The Bertz CT molecular complexity index is 1240. The van der Waals surface area contributed by atoms with Crippen LogP contribution in [0.2, 0.25) is 0 Å². The zero-order valence-corrected chi connectivity index (χ0v) is 19.8. The summed E-state index contributed by atoms with van der Waals surface area (Å²) in [4.78, 5) is 42.7. The highest BCUT2D eigenvalue weighted by Crippen LogP contribution is 2.23. The standard InChI is InChI=1S/C26H24N6O4/c1-3-35-25(33)19-15-27-21(17-11-7-5-8-12-17)29-23(19)31-32-24-20(26(34)36-4-2)16-28-22(30-24)18-13-9-6-10-14-18/h5-16H,3-4H2,1-2H3,(H,27,29,31)(H,28,30,32). The average molecular weight is 485 g/mol. The van der Waals surface area contributed by atoms with E-state index >= 15 is 0 Å². The van der Waals surface area contributed by atoms with E-state index in [0.717, 1.165) is 11.1 Å². The molecule has 4 aromatic rings. The van der Waals surface area contributed by atoms with Crippen LogP contribution in [0.3, 0.4) is 0 Å². The first-order valence-electron chi connectivity index (χ1n) is 11.3. The molecule has 0 amide bonds. The molecule has 182 valence electrons. The van der Waals surface area contributed by atoms with Crippen LogP contribution in [0.25, 0.3) is 22.8 Å². The Kier molecular flexibility index (Phi) is 7.76. The highest BCUT2D eigenvalue weighted by molar-refractivity contribution is 5.96. The monoisotopic (exact) mass is 484 g/mol. The highest BCUT2D eigenvalue weighted by Gasteiger charge is 2.20. The van der Waals surface area contributed by atoms with Gasteiger partial charge in [-0.1, -0.05) is 60.7 Å². The summed E-state index contributed by atoms with van der Waals surface area (Å²) in [7, 11) is 0. The highest BCUT2D eigenvalue weighted by atomic mass is 16.5. The lowest BCUT2D eigenvalue weighted by Gasteiger charge is -2.15. The van der Waals surface area contributed by atoms with Gasteiger partial charge in [0.25, 0.3) is 0 Å². The van der Waals surface area contributed by atoms with Crippen LogP contribution in [0.4, 0.5) is 11.6 Å². The summed E-state index contributed by atoms with van der Waals surface area (Å²) in [5.74, 6) is -0.106. The zero-order chi connectivity index (χ0) is 25.3. The van der Waals surface area contributed by atoms with Crippen LogP contribution >= 0.6 is 0 Å². The van der Waals surface area contributed by atoms with Gasteiger partial charge in [-0.05, 0) is 13.8 Å². The number of hydrogen-bond donors (Lipinski definition) is 2. The predicted octanol–water partition coefficient (Wildman–Crippen LogP) is 4.39. The number of nitrogens with one attached hydrogen (secondary N) is 2. The Morgan fingerprint density at radius 2 is 1.06 bits per heavy atom. The number of anilines is 2. The van der Waals surface area contributed by atoms with Crippen molar-refractivity contribution in [1.29, 1.82) is 0 Å². The molecule has 0 radical (unpaired) electrons. The molecule has 0 saturated heterocycles. The van der Waals surface area contributed by atoms with Gasteiger partial charge in [-0.3, -0.25) is 10.9 Å². The Balaban J connectivity index is 1.71. The summed E-state index contributed by atoms with van der Waals surface area (Å²) in [6.07, 6.45) is 2.78. The van der Waals surface area contributed by atoms with Gasteiger partial charge in [0, 0.05) is 23.5 Å². The molecule has 36 heavy (non-hydrogen) atoms. The van der Waals surface area contributed by atoms with Crippen molar-refractivity contribution in [2.45, 2.75) is 13.8 Å². The van der Waals surface area contributed by atoms with Crippen molar-refractivity contribution < 1.29 is 19.1 Å². The Labute approximate surface area is 207 Å². The van der Waals surface area contributed by atoms with E-state index in [9.17, 15) is 9.59 Å². The molecule has 0 unspecified atom stereocenters. The molecule has 0 aliphatic heterocycles. The minimum Gasteiger partial charge on any atom is -0.462 e. The van der Waals surface area contributed by atoms with E-state index < -0.39 is 11.9 Å². The van der Waals surface area contributed by atoms with E-state index in [4.69, 9.17) is 9.47 Å². The van der Waals surface area contributed by atoms with Crippen molar-refractivity contribution in [3.63, 3.8) is 0 Å². The van der Waals surface area contributed by atoms with Crippen LogP contribution in [0.15, 0.2) is 73.1 Å². The first-order valence-corrected chi connectivity index (χ1v) is 11.3. The average Bonchev–Trinajstić information content (AvgIpc) is 2.93. The van der Waals surface area contributed by atoms with Crippen LogP contribution in [-0.2, 0) is 9.47 Å². The molecule has 0 saturated carbocycles. The maximum absolute atomic E-state index is 12.6. The topological polar surface area (TPSA) is 128 Å². The Hall–Kier alpha value is -4.86. The van der Waals surface area contributed by atoms with Crippen molar-refractivity contribution in [2.24, 2.45) is 0 Å². The first-order chi connectivity index (χ1) is 17.6. The normalized spacial score (nSPS) is 10.4. The minimum absolute atomic E-state index is 0.110. The van der Waals surface area contributed by atoms with Crippen molar-refractivity contribution >= 4 is 23.6 Å². The third-order valence-electron chi connectivity index (χ3n) is 4.93. The number of benzene rings is 2. The van der Waals surface area contributed by atoms with Crippen LogP contribution in [0.5, 0.6) is 0 Å². The molecule has 0 aliphatic rings. The molecular formula is C26H24N6O4. The molecular weight excluding hydrogens is 460 g/mol. The van der Waals surface area contributed by atoms with Gasteiger partial charge in [0.15, 0.2) is 23.3 Å². The number of rotatable bonds is 9. The third-order valence-corrected chi connectivity index (χ3v) is 4.93. The number of aromatic nitrogens is 4. The van der Waals surface area contributed by atoms with Gasteiger partial charge in [-0.15, -0.1) is 0 Å². The van der Waals surface area contributed by atoms with E-state index in [0.29, 0.717) is 11.6 Å². The van der Waals surface area contributed by atoms with E-state index in [1.165, 1.54) is 12.4 Å². The SMILES string of the molecule is CCOC(=O)c1cnc(-c2ccccc2)nc1NNc1nc(-c2ccccc2)ncc1C(=O)OCC. The fraction of sp³-hybridized carbons (Fsp3) is 0.154. The molecule has 0 aliphatic carbocycles. The summed E-state index contributed by atoms with van der Waals surface area (Å²) in [6, 6.07) is 18.6. The lowest BCUT2D eigenvalue weighted by Crippen LogP contribution is -2.20. The van der Waals surface area contributed by atoms with E-state index in [2.05, 4.69) is 30.8 Å². The molecule has 10 nitrogen and oxygen atoms in total. The maximum atomic E-state index is 12.6. The summed E-state index contributed by atoms with van der Waals surface area (Å²) >= 11 is 0. The number of ether oxygens (including phenoxy) is 2. The van der Waals surface area contributed by atoms with E-state index in [-0.39, 0.29) is 36.0 Å². The van der Waals surface area contributed by atoms with Crippen LogP contribution in [-0.4, -0.2) is 45.1 Å². The van der Waals surface area contributed by atoms with Gasteiger partial charge >= 0.3 is 11.9 Å². The number of carbonyl (C=O) groups is 2. The zero-order valence-electron chi connectivity index (χ0n) is 19.8. The summed E-state index contributed by atoms with van der Waals surface area (Å²) < 4.78 is 10.3. The molecule has 0 bridgehead atoms. The number of esters is 2. The van der Waals surface area contributed by atoms with E-state index in [1.54, 1.807) is 13.8 Å². The number of nitrogens with zero attached hydrogens (tertiary/aromatic N) is 4. The summed E-state index contributed by atoms with van der Waals surface area (Å²) in [5, 5.41) is 0. The Morgan fingerprint density at radius 1 is 0.667 bits per heavy atom. The molecule has 10 heteroatoms. The molecule has 0 spiro atoms. The van der Waals surface area contributed by atoms with Crippen molar-refractivity contribution in [1.82, 2.24) is 19.9 Å². The lowest BCUT2D eigenvalue weighted by molar-refractivity contribution is 0.0516. The van der Waals surface area contributed by atoms with Crippen molar-refractivity contribution in [2.75, 3.05) is 24.1 Å². The summed E-state index contributed by atoms with van der Waals surface area (Å²) in [6.45, 7) is 3.79. The molecule has 0 atom stereocenters. The van der Waals surface area contributed by atoms with E-state index in [1.807, 2.05) is 60.7 Å². The van der Waals surface area contributed by atoms with Gasteiger partial charge in [-0.2, -0.15) is 0 Å². The molecule has 2 heterocycles. The second-order valence-corrected chi connectivity index (χ2v) is 7.33. The predicted molar refractivity (Wildman–Crippen MR) is 134 cm³/mol. The summed E-state index contributed by atoms with van der Waals surface area (Å²) in [5.41, 5.74) is 7.53. The molecule has 2 aromatic heterocycles. The largest absolute Gasteiger partial charge is 0.462 e. The maximum Gasteiger partial charge on any atom is 0.343 e. The van der Waals surface area contributed by atoms with Crippen LogP contribution < -0.4 is 10.9 Å². The number of hydrogen-bond acceptors (Lipinski definition) is 10. The number of carbonyl (C=O) groups excluding carboxylic acids is 2. The van der Waals surface area contributed by atoms with Gasteiger partial charge in [-0.25, -0.2) is 29.5 Å². The molecule has 4 rings (SSSR count). The fourth-order valence-corrected chi connectivity index (χ4v) is 3.24. The molecule has 2 aromatic carbocycles. The fourth-order valence-electron chi connectivity index (χ4n) is 3.24. The van der Waals surface area contributed by atoms with Gasteiger partial charge in [0.1, 0.15) is 11.1 Å². The lowest BCUT2D eigenvalue weighted by atomic mass is 10.2. The number of hydrazine groups is 1. The minimum atomic E-state index is -0.598. The van der Waals surface area contributed by atoms with Crippen LogP contribution in [0, 0.1) is 0 Å². The van der Waals surface area contributed by atoms with Gasteiger partial charge < -0.3 is 9.47 Å². The molecule has 2 N–H and O–H groups in total. The first kappa shape index (κ1) is 24.3. The second-order valence-electron chi connectivity index (χ2n) is 7.33. The van der Waals surface area contributed by atoms with Gasteiger partial charge in [0.05, 0.1) is 13.2 Å². The van der Waals surface area contributed by atoms with Crippen molar-refractivity contribution in [3.8, 4) is 22.8 Å².